The number of carbonyl (C=O) groups is 2. The van der Waals surface area contributed by atoms with E-state index in [1.807, 2.05) is 18.2 Å². The van der Waals surface area contributed by atoms with E-state index in [1.54, 1.807) is 30.3 Å². The Balaban J connectivity index is 1.57. The number of nitrogens with zero attached hydrogens (tertiary/aromatic N) is 1. The van der Waals surface area contributed by atoms with Crippen LogP contribution in [-0.4, -0.2) is 24.1 Å². The van der Waals surface area contributed by atoms with Gasteiger partial charge < -0.3 is 10.6 Å². The highest BCUT2D eigenvalue weighted by Gasteiger charge is 2.16. The molecule has 0 atom stereocenters. The number of rotatable bonds is 7. The molecule has 2 N–H and O–H groups in total. The third-order valence-corrected chi connectivity index (χ3v) is 6.54. The van der Waals surface area contributed by atoms with Crippen molar-refractivity contribution in [3.05, 3.63) is 58.6 Å². The average molecular weight is 442 g/mol. The predicted molar refractivity (Wildman–Crippen MR) is 121 cm³/mol. The molecule has 1 fully saturated rings. The molecule has 1 aliphatic carbocycles. The molecule has 30 heavy (non-hydrogen) atoms. The van der Waals surface area contributed by atoms with Crippen molar-refractivity contribution >= 4 is 40.9 Å². The van der Waals surface area contributed by atoms with Crippen molar-refractivity contribution in [3.8, 4) is 6.07 Å². The van der Waals surface area contributed by atoms with Crippen LogP contribution in [0.25, 0.3) is 0 Å². The number of thioether (sulfide) groups is 1. The zero-order valence-corrected chi connectivity index (χ0v) is 18.2. The van der Waals surface area contributed by atoms with Gasteiger partial charge >= 0.3 is 0 Å². The summed E-state index contributed by atoms with van der Waals surface area (Å²) in [5.41, 5.74) is 1.35. The maximum Gasteiger partial charge on any atom is 0.256 e. The smallest absolute Gasteiger partial charge is 0.256 e. The maximum atomic E-state index is 12.7. The molecule has 3 rings (SSSR count). The monoisotopic (exact) mass is 441 g/mol. The SMILES string of the molecule is N#Cc1ccc(NC(=O)c2ccccc2SCC(=O)NCC2CCCCC2)cc1Cl. The number of anilines is 1. The first-order valence-electron chi connectivity index (χ1n) is 10.1. The second-order valence-electron chi connectivity index (χ2n) is 7.35. The highest BCUT2D eigenvalue weighted by atomic mass is 35.5. The molecule has 0 aromatic heterocycles. The van der Waals surface area contributed by atoms with Crippen LogP contribution in [0.2, 0.25) is 5.02 Å². The van der Waals surface area contributed by atoms with E-state index in [4.69, 9.17) is 16.9 Å². The molecule has 2 amide bonds. The molecule has 7 heteroatoms. The summed E-state index contributed by atoms with van der Waals surface area (Å²) in [6.07, 6.45) is 6.18. The van der Waals surface area contributed by atoms with Crippen molar-refractivity contribution in [2.45, 2.75) is 37.0 Å². The molecule has 1 saturated carbocycles. The lowest BCUT2D eigenvalue weighted by molar-refractivity contribution is -0.118. The number of halogens is 1. The first kappa shape index (κ1) is 22.2. The largest absolute Gasteiger partial charge is 0.355 e. The minimum Gasteiger partial charge on any atom is -0.355 e. The van der Waals surface area contributed by atoms with Crippen LogP contribution < -0.4 is 10.6 Å². The molecular formula is C23H24ClN3O2S. The lowest BCUT2D eigenvalue weighted by atomic mass is 9.89. The molecule has 156 valence electrons. The van der Waals surface area contributed by atoms with Crippen molar-refractivity contribution < 1.29 is 9.59 Å². The summed E-state index contributed by atoms with van der Waals surface area (Å²) in [6, 6.07) is 13.9. The maximum absolute atomic E-state index is 12.7. The van der Waals surface area contributed by atoms with E-state index < -0.39 is 0 Å². The third-order valence-electron chi connectivity index (χ3n) is 5.15. The van der Waals surface area contributed by atoms with Crippen LogP contribution in [-0.2, 0) is 4.79 Å². The van der Waals surface area contributed by atoms with Crippen molar-refractivity contribution in [2.75, 3.05) is 17.6 Å². The number of nitriles is 1. The molecule has 0 radical (unpaired) electrons. The standard InChI is InChI=1S/C23H24ClN3O2S/c24-20-12-18(11-10-17(20)13-25)27-23(29)19-8-4-5-9-21(19)30-15-22(28)26-14-16-6-2-1-3-7-16/h4-5,8-12,16H,1-3,6-7,14-15H2,(H,26,28)(H,27,29). The molecule has 2 aromatic rings. The highest BCUT2D eigenvalue weighted by Crippen LogP contribution is 2.26. The molecular weight excluding hydrogens is 418 g/mol. The molecule has 0 spiro atoms. The van der Waals surface area contributed by atoms with Gasteiger partial charge in [0.1, 0.15) is 6.07 Å². The van der Waals surface area contributed by atoms with Gasteiger partial charge in [-0.3, -0.25) is 9.59 Å². The highest BCUT2D eigenvalue weighted by molar-refractivity contribution is 8.00. The quantitative estimate of drug-likeness (QED) is 0.574. The second-order valence-corrected chi connectivity index (χ2v) is 8.78. The van der Waals surface area contributed by atoms with E-state index in [-0.39, 0.29) is 22.6 Å². The fourth-order valence-corrected chi connectivity index (χ4v) is 4.61. The number of benzene rings is 2. The Kier molecular flexibility index (Phi) is 8.18. The van der Waals surface area contributed by atoms with Gasteiger partial charge in [0.05, 0.1) is 21.9 Å². The Labute approximate surface area is 186 Å². The third kappa shape index (κ3) is 6.25. The predicted octanol–water partition coefficient (Wildman–Crippen LogP) is 5.25. The van der Waals surface area contributed by atoms with Crippen LogP contribution in [0, 0.1) is 17.2 Å². The summed E-state index contributed by atoms with van der Waals surface area (Å²) in [4.78, 5) is 25.7. The first-order chi connectivity index (χ1) is 14.6. The lowest BCUT2D eigenvalue weighted by Gasteiger charge is -2.21. The van der Waals surface area contributed by atoms with E-state index in [1.165, 1.54) is 43.9 Å². The summed E-state index contributed by atoms with van der Waals surface area (Å²) < 4.78 is 0. The van der Waals surface area contributed by atoms with E-state index in [0.717, 1.165) is 11.4 Å². The van der Waals surface area contributed by atoms with Gasteiger partial charge in [0, 0.05) is 17.1 Å². The molecule has 1 aliphatic rings. The van der Waals surface area contributed by atoms with Gasteiger partial charge in [0.15, 0.2) is 0 Å². The topological polar surface area (TPSA) is 82.0 Å². The van der Waals surface area contributed by atoms with Crippen LogP contribution >= 0.6 is 23.4 Å². The van der Waals surface area contributed by atoms with Gasteiger partial charge in [-0.15, -0.1) is 11.8 Å². The molecule has 0 saturated heterocycles. The van der Waals surface area contributed by atoms with Crippen molar-refractivity contribution in [1.29, 1.82) is 5.26 Å². The Morgan fingerprint density at radius 1 is 1.13 bits per heavy atom. The second kappa shape index (κ2) is 11.1. The number of nitrogens with one attached hydrogen (secondary N) is 2. The van der Waals surface area contributed by atoms with Gasteiger partial charge in [0.25, 0.3) is 5.91 Å². The molecule has 0 bridgehead atoms. The number of hydrogen-bond donors (Lipinski definition) is 2. The van der Waals surface area contributed by atoms with Crippen molar-refractivity contribution in [2.24, 2.45) is 5.92 Å². The van der Waals surface area contributed by atoms with E-state index >= 15 is 0 Å². The number of amides is 2. The van der Waals surface area contributed by atoms with Crippen LogP contribution in [0.5, 0.6) is 0 Å². The van der Waals surface area contributed by atoms with Gasteiger partial charge in [0.2, 0.25) is 5.91 Å². The Hall–Kier alpha value is -2.49. The minimum atomic E-state index is -0.290. The molecule has 0 unspecified atom stereocenters. The van der Waals surface area contributed by atoms with Crippen LogP contribution in [0.4, 0.5) is 5.69 Å². The van der Waals surface area contributed by atoms with Gasteiger partial charge in [-0.25, -0.2) is 0 Å². The number of carbonyl (C=O) groups excluding carboxylic acids is 2. The first-order valence-corrected chi connectivity index (χ1v) is 11.4. The molecule has 0 heterocycles. The Morgan fingerprint density at radius 2 is 1.90 bits per heavy atom. The fourth-order valence-electron chi connectivity index (χ4n) is 3.51. The Morgan fingerprint density at radius 3 is 2.63 bits per heavy atom. The fraction of sp³-hybridized carbons (Fsp3) is 0.348. The van der Waals surface area contributed by atoms with Crippen LogP contribution in [0.15, 0.2) is 47.4 Å². The average Bonchev–Trinajstić information content (AvgIpc) is 2.77. The van der Waals surface area contributed by atoms with Gasteiger partial charge in [-0.2, -0.15) is 5.26 Å². The molecule has 2 aromatic carbocycles. The van der Waals surface area contributed by atoms with Crippen molar-refractivity contribution in [1.82, 2.24) is 5.32 Å². The normalized spacial score (nSPS) is 14.0. The van der Waals surface area contributed by atoms with E-state index in [9.17, 15) is 9.59 Å². The van der Waals surface area contributed by atoms with E-state index in [2.05, 4.69) is 10.6 Å². The van der Waals surface area contributed by atoms with Crippen LogP contribution in [0.3, 0.4) is 0 Å². The van der Waals surface area contributed by atoms with Gasteiger partial charge in [-0.05, 0) is 49.1 Å². The number of hydrogen-bond acceptors (Lipinski definition) is 4. The molecule has 5 nitrogen and oxygen atoms in total. The summed E-state index contributed by atoms with van der Waals surface area (Å²) in [5, 5.41) is 15.1. The zero-order chi connectivity index (χ0) is 21.3. The summed E-state index contributed by atoms with van der Waals surface area (Å²) in [7, 11) is 0. The summed E-state index contributed by atoms with van der Waals surface area (Å²) >= 11 is 7.39. The van der Waals surface area contributed by atoms with Gasteiger partial charge in [-0.1, -0.05) is 43.0 Å². The minimum absolute atomic E-state index is 0.0142. The summed E-state index contributed by atoms with van der Waals surface area (Å²) in [5.74, 6) is 0.547. The lowest BCUT2D eigenvalue weighted by Crippen LogP contribution is -2.31. The van der Waals surface area contributed by atoms with Crippen molar-refractivity contribution in [3.63, 3.8) is 0 Å². The zero-order valence-electron chi connectivity index (χ0n) is 16.6. The van der Waals surface area contributed by atoms with E-state index in [0.29, 0.717) is 22.7 Å². The molecule has 0 aliphatic heterocycles. The van der Waals surface area contributed by atoms with Crippen LogP contribution in [0.1, 0.15) is 48.0 Å². The summed E-state index contributed by atoms with van der Waals surface area (Å²) in [6.45, 7) is 0.737. The Bertz CT molecular complexity index is 952.